The van der Waals surface area contributed by atoms with Crippen LogP contribution < -0.4 is 11.0 Å². The standard InChI is InChI=1S/C22H23ClN4O2/c1-14-5-3-4-6-19(14)15(2)24-20(28)13-26-22(29)27(18-11-12-18)21(25-26)16-7-9-17(23)10-8-16/h3-10,15,18H,11-13H2,1-2H3,(H,24,28). The minimum absolute atomic E-state index is 0.116. The van der Waals surface area contributed by atoms with Crippen LogP contribution in [0.3, 0.4) is 0 Å². The minimum Gasteiger partial charge on any atom is -0.348 e. The Morgan fingerprint density at radius 3 is 2.55 bits per heavy atom. The minimum atomic E-state index is -0.254. The molecule has 0 spiro atoms. The molecule has 1 aliphatic carbocycles. The smallest absolute Gasteiger partial charge is 0.346 e. The maximum Gasteiger partial charge on any atom is 0.346 e. The molecule has 0 aliphatic heterocycles. The third kappa shape index (κ3) is 4.12. The number of nitrogens with one attached hydrogen (secondary N) is 1. The fraction of sp³-hybridized carbons (Fsp3) is 0.318. The maximum absolute atomic E-state index is 12.9. The van der Waals surface area contributed by atoms with Gasteiger partial charge in [0.1, 0.15) is 6.54 Å². The summed E-state index contributed by atoms with van der Waals surface area (Å²) in [5, 5.41) is 8.06. The van der Waals surface area contributed by atoms with E-state index < -0.39 is 0 Å². The summed E-state index contributed by atoms with van der Waals surface area (Å²) >= 11 is 5.98. The fourth-order valence-electron chi connectivity index (χ4n) is 3.55. The van der Waals surface area contributed by atoms with Crippen molar-refractivity contribution in [3.8, 4) is 11.4 Å². The van der Waals surface area contributed by atoms with Crippen molar-refractivity contribution in [1.82, 2.24) is 19.7 Å². The molecule has 2 aromatic carbocycles. The second-order valence-corrected chi connectivity index (χ2v) is 7.95. The van der Waals surface area contributed by atoms with Crippen molar-refractivity contribution in [2.75, 3.05) is 0 Å². The predicted octanol–water partition coefficient (Wildman–Crippen LogP) is 3.89. The fourth-order valence-corrected chi connectivity index (χ4v) is 3.68. The van der Waals surface area contributed by atoms with E-state index in [0.29, 0.717) is 10.8 Å². The van der Waals surface area contributed by atoms with Crippen LogP contribution >= 0.6 is 11.6 Å². The molecule has 1 aliphatic rings. The molecular weight excluding hydrogens is 388 g/mol. The van der Waals surface area contributed by atoms with Gasteiger partial charge in [-0.1, -0.05) is 35.9 Å². The average molecular weight is 411 g/mol. The Labute approximate surface area is 174 Å². The van der Waals surface area contributed by atoms with Crippen LogP contribution in [0, 0.1) is 6.92 Å². The van der Waals surface area contributed by atoms with Gasteiger partial charge < -0.3 is 5.32 Å². The first-order valence-electron chi connectivity index (χ1n) is 9.74. The van der Waals surface area contributed by atoms with Crippen LogP contribution in [0.25, 0.3) is 11.4 Å². The molecule has 29 heavy (non-hydrogen) atoms. The van der Waals surface area contributed by atoms with Gasteiger partial charge in [0.2, 0.25) is 5.91 Å². The quantitative estimate of drug-likeness (QED) is 0.670. The van der Waals surface area contributed by atoms with Crippen molar-refractivity contribution in [3.63, 3.8) is 0 Å². The first-order valence-corrected chi connectivity index (χ1v) is 10.1. The van der Waals surface area contributed by atoms with Crippen LogP contribution in [-0.4, -0.2) is 20.3 Å². The largest absolute Gasteiger partial charge is 0.348 e. The van der Waals surface area contributed by atoms with E-state index in [4.69, 9.17) is 11.6 Å². The Morgan fingerprint density at radius 1 is 1.21 bits per heavy atom. The van der Waals surface area contributed by atoms with Crippen molar-refractivity contribution in [2.24, 2.45) is 0 Å². The third-order valence-corrected chi connectivity index (χ3v) is 5.46. The second kappa shape index (κ2) is 7.87. The second-order valence-electron chi connectivity index (χ2n) is 7.52. The highest BCUT2D eigenvalue weighted by Gasteiger charge is 2.30. The number of aromatic nitrogens is 3. The van der Waals surface area contributed by atoms with E-state index in [9.17, 15) is 9.59 Å². The number of hydrogen-bond acceptors (Lipinski definition) is 3. The number of carbonyl (C=O) groups is 1. The molecule has 4 rings (SSSR count). The summed E-state index contributed by atoms with van der Waals surface area (Å²) in [7, 11) is 0. The summed E-state index contributed by atoms with van der Waals surface area (Å²) in [6.07, 6.45) is 1.89. The van der Waals surface area contributed by atoms with E-state index in [1.165, 1.54) is 4.68 Å². The molecule has 7 heteroatoms. The van der Waals surface area contributed by atoms with Gasteiger partial charge >= 0.3 is 5.69 Å². The van der Waals surface area contributed by atoms with Crippen LogP contribution in [0.2, 0.25) is 5.02 Å². The van der Waals surface area contributed by atoms with E-state index in [1.807, 2.05) is 50.2 Å². The van der Waals surface area contributed by atoms with Crippen LogP contribution in [0.4, 0.5) is 0 Å². The summed E-state index contributed by atoms with van der Waals surface area (Å²) in [4.78, 5) is 25.5. The van der Waals surface area contributed by atoms with Crippen molar-refractivity contribution in [3.05, 3.63) is 75.2 Å². The molecule has 1 fully saturated rings. The molecule has 150 valence electrons. The van der Waals surface area contributed by atoms with Gasteiger partial charge in [-0.05, 0) is 62.1 Å². The van der Waals surface area contributed by atoms with Gasteiger partial charge in [-0.25, -0.2) is 9.48 Å². The SMILES string of the molecule is Cc1ccccc1C(C)NC(=O)Cn1nc(-c2ccc(Cl)cc2)n(C2CC2)c1=O. The lowest BCUT2D eigenvalue weighted by molar-refractivity contribution is -0.122. The van der Waals surface area contributed by atoms with Crippen molar-refractivity contribution in [1.29, 1.82) is 0 Å². The molecule has 0 bridgehead atoms. The summed E-state index contributed by atoms with van der Waals surface area (Å²) < 4.78 is 2.95. The van der Waals surface area contributed by atoms with Crippen molar-refractivity contribution >= 4 is 17.5 Å². The summed E-state index contributed by atoms with van der Waals surface area (Å²) in [5.41, 5.74) is 2.72. The monoisotopic (exact) mass is 410 g/mol. The van der Waals surface area contributed by atoms with Gasteiger partial charge in [0, 0.05) is 16.6 Å². The number of halogens is 1. The number of amides is 1. The lowest BCUT2D eigenvalue weighted by Crippen LogP contribution is -2.35. The number of nitrogens with zero attached hydrogens (tertiary/aromatic N) is 3. The molecule has 1 unspecified atom stereocenters. The number of rotatable bonds is 6. The lowest BCUT2D eigenvalue weighted by atomic mass is 10.0. The van der Waals surface area contributed by atoms with E-state index >= 15 is 0 Å². The highest BCUT2D eigenvalue weighted by molar-refractivity contribution is 6.30. The Bertz CT molecular complexity index is 1100. The maximum atomic E-state index is 12.9. The van der Waals surface area contributed by atoms with Gasteiger partial charge in [0.15, 0.2) is 5.82 Å². The zero-order valence-corrected chi connectivity index (χ0v) is 17.2. The van der Waals surface area contributed by atoms with Crippen LogP contribution in [0.5, 0.6) is 0 Å². The zero-order valence-electron chi connectivity index (χ0n) is 16.4. The van der Waals surface area contributed by atoms with Gasteiger partial charge in [-0.3, -0.25) is 9.36 Å². The summed E-state index contributed by atoms with van der Waals surface area (Å²) in [6, 6.07) is 15.1. The van der Waals surface area contributed by atoms with Crippen LogP contribution in [-0.2, 0) is 11.3 Å². The molecule has 6 nitrogen and oxygen atoms in total. The van der Waals surface area contributed by atoms with E-state index in [1.54, 1.807) is 16.7 Å². The first kappa shape index (κ1) is 19.5. The molecular formula is C22H23ClN4O2. The number of aryl methyl sites for hydroxylation is 1. The molecule has 1 heterocycles. The Balaban J connectivity index is 1.56. The van der Waals surface area contributed by atoms with E-state index in [2.05, 4.69) is 10.4 Å². The van der Waals surface area contributed by atoms with Crippen LogP contribution in [0.15, 0.2) is 53.3 Å². The first-order chi connectivity index (χ1) is 13.9. The Kier molecular flexibility index (Phi) is 5.28. The predicted molar refractivity (Wildman–Crippen MR) is 113 cm³/mol. The van der Waals surface area contributed by atoms with Crippen LogP contribution in [0.1, 0.15) is 43.0 Å². The number of hydrogen-bond donors (Lipinski definition) is 1. The molecule has 1 atom stereocenters. The zero-order chi connectivity index (χ0) is 20.5. The molecule has 3 aromatic rings. The molecule has 1 saturated carbocycles. The molecule has 1 amide bonds. The highest BCUT2D eigenvalue weighted by atomic mass is 35.5. The van der Waals surface area contributed by atoms with E-state index in [-0.39, 0.29) is 30.2 Å². The Hall–Kier alpha value is -2.86. The average Bonchev–Trinajstić information content (AvgIpc) is 3.47. The molecule has 1 aromatic heterocycles. The highest BCUT2D eigenvalue weighted by Crippen LogP contribution is 2.36. The molecule has 0 radical (unpaired) electrons. The summed E-state index contributed by atoms with van der Waals surface area (Å²) in [6.45, 7) is 3.83. The number of benzene rings is 2. The Morgan fingerprint density at radius 2 is 1.90 bits per heavy atom. The summed E-state index contributed by atoms with van der Waals surface area (Å²) in [5.74, 6) is 0.333. The lowest BCUT2D eigenvalue weighted by Gasteiger charge is -2.16. The molecule has 0 saturated heterocycles. The van der Waals surface area contributed by atoms with Crippen molar-refractivity contribution < 1.29 is 4.79 Å². The van der Waals surface area contributed by atoms with Gasteiger partial charge in [0.05, 0.1) is 6.04 Å². The molecule has 1 N–H and O–H groups in total. The topological polar surface area (TPSA) is 68.9 Å². The third-order valence-electron chi connectivity index (χ3n) is 5.21. The number of carbonyl (C=O) groups excluding carboxylic acids is 1. The normalized spacial score (nSPS) is 14.6. The van der Waals surface area contributed by atoms with Crippen molar-refractivity contribution in [2.45, 2.75) is 45.3 Å². The van der Waals surface area contributed by atoms with Gasteiger partial charge in [-0.2, -0.15) is 0 Å². The van der Waals surface area contributed by atoms with Gasteiger partial charge in [0.25, 0.3) is 0 Å². The van der Waals surface area contributed by atoms with Gasteiger partial charge in [-0.15, -0.1) is 5.10 Å². The van der Waals surface area contributed by atoms with E-state index in [0.717, 1.165) is 29.5 Å².